The molecule has 3 N–H and O–H groups in total. The van der Waals surface area contributed by atoms with Gasteiger partial charge < -0.3 is 34.9 Å². The molecular weight excluding hydrogens is 520 g/mol. The smallest absolute Gasteiger partial charge is 0.319 e. The van der Waals surface area contributed by atoms with E-state index in [0.29, 0.717) is 54.4 Å². The van der Waals surface area contributed by atoms with Gasteiger partial charge in [0.05, 0.1) is 19.2 Å². The Bertz CT molecular complexity index is 1270. The van der Waals surface area contributed by atoms with Crippen LogP contribution in [0.4, 0.5) is 10.5 Å². The van der Waals surface area contributed by atoms with Gasteiger partial charge in [-0.2, -0.15) is 0 Å². The lowest BCUT2D eigenvalue weighted by Crippen LogP contribution is -2.35. The molecule has 2 amide bonds. The van der Waals surface area contributed by atoms with Crippen LogP contribution in [-0.4, -0.2) is 67.5 Å². The quantitative estimate of drug-likeness (QED) is 0.230. The summed E-state index contributed by atoms with van der Waals surface area (Å²) >= 11 is 0. The maximum absolute atomic E-state index is 12.2. The van der Waals surface area contributed by atoms with Crippen LogP contribution in [0.2, 0.25) is 0 Å². The van der Waals surface area contributed by atoms with Gasteiger partial charge in [-0.05, 0) is 86.5 Å². The van der Waals surface area contributed by atoms with E-state index in [1.807, 2.05) is 42.5 Å². The Labute approximate surface area is 243 Å². The SMILES string of the molecule is COc1cc2c(Oc3ccc(NC(=O)NCCC(C)(C)C)cc3)ccnc2cc1OCCCN1CCC(CO)CC1. The third-order valence-corrected chi connectivity index (χ3v) is 7.33. The molecule has 222 valence electrons. The number of anilines is 1. The number of carbonyl (C=O) groups excluding carboxylic acids is 1. The zero-order valence-corrected chi connectivity index (χ0v) is 24.7. The number of methoxy groups -OCH3 is 1. The van der Waals surface area contributed by atoms with Crippen molar-refractivity contribution in [1.29, 1.82) is 0 Å². The summed E-state index contributed by atoms with van der Waals surface area (Å²) in [6.45, 7) is 11.0. The monoisotopic (exact) mass is 564 g/mol. The fraction of sp³-hybridized carbons (Fsp3) is 0.500. The topological polar surface area (TPSA) is 105 Å². The van der Waals surface area contributed by atoms with Gasteiger partial charge >= 0.3 is 6.03 Å². The first-order chi connectivity index (χ1) is 19.7. The summed E-state index contributed by atoms with van der Waals surface area (Å²) in [6, 6.07) is 12.6. The number of aromatic nitrogens is 1. The number of benzene rings is 2. The number of hydrogen-bond donors (Lipinski definition) is 3. The largest absolute Gasteiger partial charge is 0.493 e. The van der Waals surface area contributed by atoms with Crippen molar-refractivity contribution in [3.8, 4) is 23.0 Å². The molecular formula is C32H44N4O5. The van der Waals surface area contributed by atoms with Crippen LogP contribution in [-0.2, 0) is 0 Å². The number of aliphatic hydroxyl groups is 1. The average Bonchev–Trinajstić information content (AvgIpc) is 2.95. The van der Waals surface area contributed by atoms with Crippen molar-refractivity contribution in [3.63, 3.8) is 0 Å². The van der Waals surface area contributed by atoms with Crippen LogP contribution < -0.4 is 24.8 Å². The number of urea groups is 1. The van der Waals surface area contributed by atoms with E-state index in [-0.39, 0.29) is 11.4 Å². The van der Waals surface area contributed by atoms with Gasteiger partial charge in [0.15, 0.2) is 11.5 Å². The van der Waals surface area contributed by atoms with Crippen molar-refractivity contribution in [1.82, 2.24) is 15.2 Å². The molecule has 9 nitrogen and oxygen atoms in total. The third kappa shape index (κ3) is 9.23. The molecule has 1 aliphatic rings. The van der Waals surface area contributed by atoms with E-state index in [1.54, 1.807) is 13.3 Å². The third-order valence-electron chi connectivity index (χ3n) is 7.33. The second-order valence-electron chi connectivity index (χ2n) is 11.8. The van der Waals surface area contributed by atoms with Gasteiger partial charge in [-0.3, -0.25) is 4.98 Å². The minimum Gasteiger partial charge on any atom is -0.493 e. The molecule has 0 bridgehead atoms. The van der Waals surface area contributed by atoms with Crippen molar-refractivity contribution >= 4 is 22.6 Å². The Morgan fingerprint density at radius 2 is 1.83 bits per heavy atom. The number of amides is 2. The number of carbonyl (C=O) groups is 1. The standard InChI is InChI=1S/C32H44N4O5/c1-32(2,3)13-15-34-31(38)35-24-6-8-25(9-7-24)41-28-10-14-33-27-21-30(29(39-4)20-26(27)28)40-19-5-16-36-17-11-23(22-37)12-18-36/h6-10,14,20-21,23,37H,5,11-13,15-19,22H2,1-4H3,(H2,34,35,38). The summed E-state index contributed by atoms with van der Waals surface area (Å²) in [5.41, 5.74) is 1.60. The predicted octanol–water partition coefficient (Wildman–Crippen LogP) is 6.07. The molecule has 1 fully saturated rings. The van der Waals surface area contributed by atoms with Crippen LogP contribution >= 0.6 is 0 Å². The summed E-state index contributed by atoms with van der Waals surface area (Å²) in [6.07, 6.45) is 5.63. The number of nitrogens with one attached hydrogen (secondary N) is 2. The second-order valence-corrected chi connectivity index (χ2v) is 11.8. The second kappa shape index (κ2) is 14.4. The lowest BCUT2D eigenvalue weighted by molar-refractivity contribution is 0.126. The Morgan fingerprint density at radius 3 is 2.51 bits per heavy atom. The number of nitrogens with zero attached hydrogens (tertiary/aromatic N) is 2. The van der Waals surface area contributed by atoms with E-state index < -0.39 is 0 Å². The van der Waals surface area contributed by atoms with E-state index in [0.717, 1.165) is 56.2 Å². The van der Waals surface area contributed by atoms with Crippen LogP contribution in [0.15, 0.2) is 48.7 Å². The van der Waals surface area contributed by atoms with Gasteiger partial charge in [0, 0.05) is 43.0 Å². The van der Waals surface area contributed by atoms with Crippen LogP contribution in [0.3, 0.4) is 0 Å². The fourth-order valence-electron chi connectivity index (χ4n) is 4.81. The van der Waals surface area contributed by atoms with Gasteiger partial charge in [-0.1, -0.05) is 20.8 Å². The van der Waals surface area contributed by atoms with Gasteiger partial charge in [0.1, 0.15) is 11.5 Å². The first kappa shape index (κ1) is 30.4. The minimum absolute atomic E-state index is 0.168. The van der Waals surface area contributed by atoms with E-state index in [2.05, 4.69) is 41.3 Å². The molecule has 1 saturated heterocycles. The molecule has 1 aliphatic heterocycles. The number of aliphatic hydroxyl groups excluding tert-OH is 1. The zero-order valence-electron chi connectivity index (χ0n) is 24.7. The van der Waals surface area contributed by atoms with Gasteiger partial charge in [-0.25, -0.2) is 4.79 Å². The number of fused-ring (bicyclic) bond motifs is 1. The lowest BCUT2D eigenvalue weighted by atomic mass is 9.92. The number of ether oxygens (including phenoxy) is 3. The summed E-state index contributed by atoms with van der Waals surface area (Å²) in [5.74, 6) is 3.00. The number of pyridine rings is 1. The maximum atomic E-state index is 12.2. The fourth-order valence-corrected chi connectivity index (χ4v) is 4.81. The van der Waals surface area contributed by atoms with E-state index in [9.17, 15) is 9.90 Å². The lowest BCUT2D eigenvalue weighted by Gasteiger charge is -2.30. The van der Waals surface area contributed by atoms with Crippen LogP contribution in [0, 0.1) is 11.3 Å². The highest BCUT2D eigenvalue weighted by molar-refractivity contribution is 5.89. The van der Waals surface area contributed by atoms with Crippen LogP contribution in [0.1, 0.15) is 46.5 Å². The molecule has 0 unspecified atom stereocenters. The van der Waals surface area contributed by atoms with Crippen molar-refractivity contribution in [2.75, 3.05) is 51.8 Å². The summed E-state index contributed by atoms with van der Waals surface area (Å²) in [4.78, 5) is 19.2. The zero-order chi connectivity index (χ0) is 29.2. The van der Waals surface area contributed by atoms with Crippen LogP contribution in [0.25, 0.3) is 10.9 Å². The molecule has 41 heavy (non-hydrogen) atoms. The van der Waals surface area contributed by atoms with E-state index in [1.165, 1.54) is 0 Å². The van der Waals surface area contributed by atoms with Crippen molar-refractivity contribution in [3.05, 3.63) is 48.7 Å². The molecule has 2 aromatic carbocycles. The predicted molar refractivity (Wildman–Crippen MR) is 162 cm³/mol. The minimum atomic E-state index is -0.226. The van der Waals surface area contributed by atoms with Crippen molar-refractivity contribution < 1.29 is 24.1 Å². The molecule has 0 aliphatic carbocycles. The first-order valence-electron chi connectivity index (χ1n) is 14.5. The van der Waals surface area contributed by atoms with Gasteiger partial charge in [-0.15, -0.1) is 0 Å². The molecule has 2 heterocycles. The number of hydrogen-bond acceptors (Lipinski definition) is 7. The molecule has 9 heteroatoms. The highest BCUT2D eigenvalue weighted by atomic mass is 16.5. The number of rotatable bonds is 12. The summed E-state index contributed by atoms with van der Waals surface area (Å²) in [5, 5.41) is 15.9. The Balaban J connectivity index is 1.33. The van der Waals surface area contributed by atoms with Gasteiger partial charge in [0.25, 0.3) is 0 Å². The summed E-state index contributed by atoms with van der Waals surface area (Å²) < 4.78 is 17.9. The van der Waals surface area contributed by atoms with Crippen molar-refractivity contribution in [2.24, 2.45) is 11.3 Å². The Hall–Kier alpha value is -3.56. The van der Waals surface area contributed by atoms with E-state index >= 15 is 0 Å². The first-order valence-corrected chi connectivity index (χ1v) is 14.5. The molecule has 1 aromatic heterocycles. The average molecular weight is 565 g/mol. The molecule has 0 radical (unpaired) electrons. The molecule has 4 rings (SSSR count). The molecule has 0 saturated carbocycles. The molecule has 0 atom stereocenters. The van der Waals surface area contributed by atoms with Gasteiger partial charge in [0.2, 0.25) is 0 Å². The number of likely N-dealkylation sites (tertiary alicyclic amines) is 1. The van der Waals surface area contributed by atoms with E-state index in [4.69, 9.17) is 14.2 Å². The number of piperidine rings is 1. The normalized spacial score (nSPS) is 14.6. The Morgan fingerprint density at radius 1 is 1.07 bits per heavy atom. The molecule has 0 spiro atoms. The summed E-state index contributed by atoms with van der Waals surface area (Å²) in [7, 11) is 1.63. The Kier molecular flexibility index (Phi) is 10.7. The molecule has 3 aromatic rings. The highest BCUT2D eigenvalue weighted by Crippen LogP contribution is 2.37. The highest BCUT2D eigenvalue weighted by Gasteiger charge is 2.18. The maximum Gasteiger partial charge on any atom is 0.319 e. The van der Waals surface area contributed by atoms with Crippen molar-refractivity contribution in [2.45, 2.75) is 46.5 Å². The van der Waals surface area contributed by atoms with Crippen LogP contribution in [0.5, 0.6) is 23.0 Å².